The highest BCUT2D eigenvalue weighted by Gasteiger charge is 2.71. The molecular formula is C8H9F2N3. The number of nitrogens with two attached hydrogens (primary N) is 1. The number of rotatable bonds is 1. The Bertz CT molecular complexity index is 336. The van der Waals surface area contributed by atoms with Gasteiger partial charge in [0.1, 0.15) is 5.54 Å². The minimum absolute atomic E-state index is 0.170. The number of hydrogen-bond donors (Lipinski definition) is 1. The van der Waals surface area contributed by atoms with Gasteiger partial charge in [0.2, 0.25) is 0 Å². The first kappa shape index (κ1) is 8.50. The molecule has 1 atom stereocenters. The Hall–Kier alpha value is -1.10. The zero-order valence-corrected chi connectivity index (χ0v) is 7.09. The minimum Gasteiger partial charge on any atom is -0.315 e. The molecule has 13 heavy (non-hydrogen) atoms. The monoisotopic (exact) mass is 185 g/mol. The lowest BCUT2D eigenvalue weighted by Crippen LogP contribution is -2.28. The smallest absolute Gasteiger partial charge is 0.274 e. The summed E-state index contributed by atoms with van der Waals surface area (Å²) in [6.07, 6.45) is 2.42. The van der Waals surface area contributed by atoms with E-state index < -0.39 is 11.5 Å². The first-order valence-corrected chi connectivity index (χ1v) is 3.91. The molecule has 1 aliphatic rings. The van der Waals surface area contributed by atoms with Gasteiger partial charge in [-0.25, -0.2) is 8.78 Å². The van der Waals surface area contributed by atoms with E-state index in [9.17, 15) is 8.78 Å². The quantitative estimate of drug-likeness (QED) is 0.709. The molecule has 2 rings (SSSR count). The summed E-state index contributed by atoms with van der Waals surface area (Å²) in [6, 6.07) is 0. The van der Waals surface area contributed by atoms with Crippen molar-refractivity contribution >= 4 is 0 Å². The fraction of sp³-hybridized carbons (Fsp3) is 0.500. The van der Waals surface area contributed by atoms with Crippen molar-refractivity contribution in [1.29, 1.82) is 0 Å². The van der Waals surface area contributed by atoms with Crippen LogP contribution in [0, 0.1) is 6.92 Å². The summed E-state index contributed by atoms with van der Waals surface area (Å²) in [4.78, 5) is 7.72. The van der Waals surface area contributed by atoms with Crippen LogP contribution in [0.4, 0.5) is 8.78 Å². The zero-order chi connectivity index (χ0) is 9.69. The lowest BCUT2D eigenvalue weighted by molar-refractivity contribution is 0.0880. The number of aryl methyl sites for hydroxylation is 1. The maximum absolute atomic E-state index is 12.8. The lowest BCUT2D eigenvalue weighted by atomic mass is 10.2. The highest BCUT2D eigenvalue weighted by molar-refractivity contribution is 5.28. The summed E-state index contributed by atoms with van der Waals surface area (Å²) in [6.45, 7) is 1.74. The van der Waals surface area contributed by atoms with Crippen LogP contribution in [0.1, 0.15) is 17.8 Å². The third-order valence-corrected chi connectivity index (χ3v) is 2.27. The molecule has 0 radical (unpaired) electrons. The average Bonchev–Trinajstić information content (AvgIpc) is 2.53. The maximum atomic E-state index is 12.8. The molecule has 0 aromatic carbocycles. The molecule has 0 spiro atoms. The van der Waals surface area contributed by atoms with Gasteiger partial charge in [-0.05, 0) is 6.92 Å². The molecule has 1 saturated carbocycles. The van der Waals surface area contributed by atoms with Crippen LogP contribution in [0.15, 0.2) is 12.4 Å². The summed E-state index contributed by atoms with van der Waals surface area (Å²) in [5, 5.41) is 0. The molecule has 70 valence electrons. The Morgan fingerprint density at radius 2 is 2.00 bits per heavy atom. The van der Waals surface area contributed by atoms with Crippen LogP contribution in [0.5, 0.6) is 0 Å². The van der Waals surface area contributed by atoms with Gasteiger partial charge in [-0.2, -0.15) is 0 Å². The van der Waals surface area contributed by atoms with Crippen LogP contribution < -0.4 is 5.73 Å². The third kappa shape index (κ3) is 1.11. The van der Waals surface area contributed by atoms with Gasteiger partial charge in [-0.1, -0.05) is 0 Å². The summed E-state index contributed by atoms with van der Waals surface area (Å²) >= 11 is 0. The van der Waals surface area contributed by atoms with E-state index >= 15 is 0 Å². The summed E-state index contributed by atoms with van der Waals surface area (Å²) < 4.78 is 25.5. The van der Waals surface area contributed by atoms with Crippen molar-refractivity contribution in [3.8, 4) is 0 Å². The second kappa shape index (κ2) is 2.23. The predicted octanol–water partition coefficient (Wildman–Crippen LogP) is 0.978. The Morgan fingerprint density at radius 1 is 1.38 bits per heavy atom. The minimum atomic E-state index is -2.82. The standard InChI is InChI=1S/C8H9F2N3/c1-5-2-13-6(3-12-5)7(11)4-8(7,9)10/h2-3H,4,11H2,1H3. The molecule has 5 heteroatoms. The summed E-state index contributed by atoms with van der Waals surface area (Å²) in [5.74, 6) is -2.82. The molecule has 0 aliphatic heterocycles. The van der Waals surface area contributed by atoms with E-state index in [0.717, 1.165) is 0 Å². The van der Waals surface area contributed by atoms with Gasteiger partial charge in [0.25, 0.3) is 5.92 Å². The van der Waals surface area contributed by atoms with Gasteiger partial charge in [0.05, 0.1) is 17.6 Å². The number of hydrogen-bond acceptors (Lipinski definition) is 3. The highest BCUT2D eigenvalue weighted by Crippen LogP contribution is 2.56. The van der Waals surface area contributed by atoms with Crippen LogP contribution in [0.25, 0.3) is 0 Å². The molecule has 2 N–H and O–H groups in total. The SMILES string of the molecule is Cc1cnc(C2(N)CC2(F)F)cn1. The zero-order valence-electron chi connectivity index (χ0n) is 7.09. The molecule has 1 heterocycles. The summed E-state index contributed by atoms with van der Waals surface area (Å²) in [7, 11) is 0. The van der Waals surface area contributed by atoms with Crippen molar-refractivity contribution < 1.29 is 8.78 Å². The Kier molecular flexibility index (Phi) is 1.46. The predicted molar refractivity (Wildman–Crippen MR) is 42.2 cm³/mol. The molecular weight excluding hydrogens is 176 g/mol. The number of nitrogens with zero attached hydrogens (tertiary/aromatic N) is 2. The summed E-state index contributed by atoms with van der Waals surface area (Å²) in [5.41, 5.74) is 4.73. The maximum Gasteiger partial charge on any atom is 0.274 e. The van der Waals surface area contributed by atoms with Crippen molar-refractivity contribution in [2.24, 2.45) is 5.73 Å². The Labute approximate surface area is 74.0 Å². The van der Waals surface area contributed by atoms with Gasteiger partial charge in [-0.3, -0.25) is 9.97 Å². The first-order valence-electron chi connectivity index (χ1n) is 3.91. The van der Waals surface area contributed by atoms with Crippen molar-refractivity contribution in [3.05, 3.63) is 23.8 Å². The normalized spacial score (nSPS) is 30.2. The van der Waals surface area contributed by atoms with Crippen LogP contribution >= 0.6 is 0 Å². The molecule has 1 unspecified atom stereocenters. The first-order chi connectivity index (χ1) is 5.96. The van der Waals surface area contributed by atoms with E-state index in [1.54, 1.807) is 6.92 Å². The van der Waals surface area contributed by atoms with E-state index in [-0.39, 0.29) is 12.1 Å². The van der Waals surface area contributed by atoms with E-state index in [2.05, 4.69) is 9.97 Å². The van der Waals surface area contributed by atoms with Crippen LogP contribution in [-0.2, 0) is 5.54 Å². The van der Waals surface area contributed by atoms with Crippen molar-refractivity contribution in [2.45, 2.75) is 24.8 Å². The Morgan fingerprint density at radius 3 is 2.38 bits per heavy atom. The van der Waals surface area contributed by atoms with Crippen molar-refractivity contribution in [3.63, 3.8) is 0 Å². The second-order valence-corrected chi connectivity index (χ2v) is 3.40. The molecule has 1 aliphatic carbocycles. The fourth-order valence-corrected chi connectivity index (χ4v) is 1.21. The highest BCUT2D eigenvalue weighted by atomic mass is 19.3. The molecule has 1 fully saturated rings. The average molecular weight is 185 g/mol. The third-order valence-electron chi connectivity index (χ3n) is 2.27. The van der Waals surface area contributed by atoms with E-state index in [0.29, 0.717) is 5.69 Å². The fourth-order valence-electron chi connectivity index (χ4n) is 1.21. The van der Waals surface area contributed by atoms with Crippen LogP contribution in [-0.4, -0.2) is 15.9 Å². The van der Waals surface area contributed by atoms with Gasteiger partial charge in [0.15, 0.2) is 0 Å². The molecule has 0 amide bonds. The van der Waals surface area contributed by atoms with E-state index in [1.165, 1.54) is 12.4 Å². The molecule has 3 nitrogen and oxygen atoms in total. The molecule has 0 saturated heterocycles. The van der Waals surface area contributed by atoms with Crippen LogP contribution in [0.3, 0.4) is 0 Å². The van der Waals surface area contributed by atoms with E-state index in [1.807, 2.05) is 0 Å². The number of halogens is 2. The van der Waals surface area contributed by atoms with Crippen LogP contribution in [0.2, 0.25) is 0 Å². The number of aromatic nitrogens is 2. The van der Waals surface area contributed by atoms with Gasteiger partial charge >= 0.3 is 0 Å². The Balaban J connectivity index is 2.34. The topological polar surface area (TPSA) is 51.8 Å². The lowest BCUT2D eigenvalue weighted by Gasteiger charge is -2.08. The molecule has 0 bridgehead atoms. The van der Waals surface area contributed by atoms with Crippen molar-refractivity contribution in [1.82, 2.24) is 9.97 Å². The number of alkyl halides is 2. The van der Waals surface area contributed by atoms with Gasteiger partial charge in [0, 0.05) is 12.6 Å². The second-order valence-electron chi connectivity index (χ2n) is 3.40. The molecule has 1 aromatic rings. The largest absolute Gasteiger partial charge is 0.315 e. The van der Waals surface area contributed by atoms with Gasteiger partial charge < -0.3 is 5.73 Å². The van der Waals surface area contributed by atoms with Crippen molar-refractivity contribution in [2.75, 3.05) is 0 Å². The molecule has 1 aromatic heterocycles. The van der Waals surface area contributed by atoms with E-state index in [4.69, 9.17) is 5.73 Å². The van der Waals surface area contributed by atoms with Gasteiger partial charge in [-0.15, -0.1) is 0 Å².